The minimum atomic E-state index is -3.12. The molecule has 26 heavy (non-hydrogen) atoms. The number of likely N-dealkylation sites (tertiary alicyclic amines) is 1. The lowest BCUT2D eigenvalue weighted by molar-refractivity contribution is 0.238. The summed E-state index contributed by atoms with van der Waals surface area (Å²) < 4.78 is 23.4. The third-order valence-electron chi connectivity index (χ3n) is 5.59. The highest BCUT2D eigenvalue weighted by Gasteiger charge is 2.28. The van der Waals surface area contributed by atoms with Crippen molar-refractivity contribution in [1.82, 2.24) is 20.0 Å². The monoisotopic (exact) mass is 394 g/mol. The molecule has 4 rings (SSSR count). The first-order valence-corrected chi connectivity index (χ1v) is 11.9. The fourth-order valence-electron chi connectivity index (χ4n) is 3.99. The van der Waals surface area contributed by atoms with Crippen molar-refractivity contribution in [1.29, 1.82) is 0 Å². The smallest absolute Gasteiger partial charge is 0.176 e. The quantitative estimate of drug-likeness (QED) is 0.861. The number of nitrogens with one attached hydrogen (secondary N) is 1. The highest BCUT2D eigenvalue weighted by atomic mass is 32.2. The van der Waals surface area contributed by atoms with Gasteiger partial charge in [-0.1, -0.05) is 0 Å². The van der Waals surface area contributed by atoms with Crippen LogP contribution in [0.1, 0.15) is 40.6 Å². The van der Waals surface area contributed by atoms with Gasteiger partial charge in [-0.3, -0.25) is 10.00 Å². The number of nitrogens with zero attached hydrogens (tertiary/aromatic N) is 3. The number of piperidine rings is 1. The van der Waals surface area contributed by atoms with Crippen molar-refractivity contribution in [3.8, 4) is 0 Å². The molecule has 1 saturated heterocycles. The van der Waals surface area contributed by atoms with Gasteiger partial charge in [-0.25, -0.2) is 8.42 Å². The second-order valence-corrected chi connectivity index (χ2v) is 10.6. The molecule has 2 aliphatic heterocycles. The normalized spacial score (nSPS) is 20.4. The van der Waals surface area contributed by atoms with Crippen LogP contribution >= 0.6 is 11.3 Å². The molecule has 0 radical (unpaired) electrons. The second kappa shape index (κ2) is 7.07. The molecular formula is C18H26N4O2S2. The molecule has 1 N–H and O–H groups in total. The molecule has 0 aliphatic carbocycles. The summed E-state index contributed by atoms with van der Waals surface area (Å²) in [5, 5.41) is 9.71. The van der Waals surface area contributed by atoms with E-state index in [1.807, 2.05) is 6.07 Å². The lowest BCUT2D eigenvalue weighted by Crippen LogP contribution is -2.32. The summed E-state index contributed by atoms with van der Waals surface area (Å²) in [6.45, 7) is 4.96. The van der Waals surface area contributed by atoms with Gasteiger partial charge in [-0.2, -0.15) is 5.10 Å². The summed E-state index contributed by atoms with van der Waals surface area (Å²) in [5.74, 6) is 0.560. The van der Waals surface area contributed by atoms with Gasteiger partial charge in [0.2, 0.25) is 0 Å². The molecule has 6 nitrogen and oxygen atoms in total. The topological polar surface area (TPSA) is 69.3 Å². The number of aromatic nitrogens is 2. The van der Waals surface area contributed by atoms with E-state index in [-0.39, 0.29) is 0 Å². The molecule has 8 heteroatoms. The Kier molecular flexibility index (Phi) is 4.94. The molecular weight excluding hydrogens is 368 g/mol. The average molecular weight is 395 g/mol. The van der Waals surface area contributed by atoms with E-state index >= 15 is 0 Å². The lowest BCUT2D eigenvalue weighted by atomic mass is 9.89. The van der Waals surface area contributed by atoms with Crippen LogP contribution in [0.5, 0.6) is 0 Å². The molecule has 0 atom stereocenters. The van der Waals surface area contributed by atoms with Gasteiger partial charge in [-0.15, -0.1) is 11.3 Å². The zero-order valence-corrected chi connectivity index (χ0v) is 17.0. The van der Waals surface area contributed by atoms with Crippen LogP contribution in [0, 0.1) is 0 Å². The summed E-state index contributed by atoms with van der Waals surface area (Å²) in [4.78, 5) is 6.34. The van der Waals surface area contributed by atoms with Crippen LogP contribution in [0.2, 0.25) is 0 Å². The number of fused-ring (bicyclic) bond motifs is 1. The van der Waals surface area contributed by atoms with Crippen LogP contribution in [-0.2, 0) is 29.3 Å². The number of sulfone groups is 1. The number of rotatable bonds is 4. The van der Waals surface area contributed by atoms with Gasteiger partial charge in [0.25, 0.3) is 0 Å². The predicted molar refractivity (Wildman–Crippen MR) is 103 cm³/mol. The fourth-order valence-corrected chi connectivity index (χ4v) is 6.05. The summed E-state index contributed by atoms with van der Waals surface area (Å²) in [7, 11) is -0.931. The van der Waals surface area contributed by atoms with E-state index in [4.69, 9.17) is 0 Å². The first-order chi connectivity index (χ1) is 12.4. The van der Waals surface area contributed by atoms with Crippen LogP contribution in [0.25, 0.3) is 0 Å². The number of aromatic amines is 1. The highest BCUT2D eigenvalue weighted by Crippen LogP contribution is 2.33. The molecule has 0 spiro atoms. The van der Waals surface area contributed by atoms with Crippen molar-refractivity contribution in [2.45, 2.75) is 43.2 Å². The van der Waals surface area contributed by atoms with Gasteiger partial charge in [0.15, 0.2) is 9.84 Å². The van der Waals surface area contributed by atoms with E-state index in [0.717, 1.165) is 44.0 Å². The molecule has 0 bridgehead atoms. The van der Waals surface area contributed by atoms with E-state index in [0.29, 0.717) is 10.8 Å². The van der Waals surface area contributed by atoms with E-state index in [1.54, 1.807) is 5.38 Å². The van der Waals surface area contributed by atoms with Crippen LogP contribution in [0.15, 0.2) is 16.3 Å². The van der Waals surface area contributed by atoms with Crippen LogP contribution in [0.3, 0.4) is 0 Å². The van der Waals surface area contributed by atoms with E-state index in [1.165, 1.54) is 47.4 Å². The van der Waals surface area contributed by atoms with E-state index < -0.39 is 9.84 Å². The minimum absolute atomic E-state index is 0.436. The molecule has 0 amide bonds. The number of H-pyrrole nitrogens is 1. The number of hydrogen-bond donors (Lipinski definition) is 1. The SMILES string of the molecule is CN1CCC(c2n[nH]c3c2CN(Cc2cc(S(C)(=O)=O)cs2)CC3)CC1. The van der Waals surface area contributed by atoms with E-state index in [2.05, 4.69) is 27.0 Å². The summed E-state index contributed by atoms with van der Waals surface area (Å²) >= 11 is 1.54. The van der Waals surface area contributed by atoms with Crippen molar-refractivity contribution in [3.05, 3.63) is 33.3 Å². The zero-order chi connectivity index (χ0) is 18.3. The standard InChI is InChI=1S/C18H26N4O2S2/c1-21-6-3-13(4-7-21)18-16-11-22(8-5-17(16)19-20-18)10-14-9-15(12-25-14)26(2,23)24/h9,12-13H,3-8,10-11H2,1-2H3,(H,19,20). The van der Waals surface area contributed by atoms with Gasteiger partial charge in [0.1, 0.15) is 0 Å². The zero-order valence-electron chi connectivity index (χ0n) is 15.4. The van der Waals surface area contributed by atoms with Gasteiger partial charge in [0.05, 0.1) is 10.6 Å². The third kappa shape index (κ3) is 3.74. The molecule has 1 fully saturated rings. The Morgan fingerprint density at radius 1 is 1.31 bits per heavy atom. The van der Waals surface area contributed by atoms with Gasteiger partial charge in [0, 0.05) is 59.7 Å². The molecule has 0 unspecified atom stereocenters. The second-order valence-electron chi connectivity index (χ2n) is 7.63. The van der Waals surface area contributed by atoms with Crippen molar-refractivity contribution in [2.24, 2.45) is 0 Å². The third-order valence-corrected chi connectivity index (χ3v) is 7.75. The first kappa shape index (κ1) is 18.2. The van der Waals surface area contributed by atoms with Crippen LogP contribution in [-0.4, -0.2) is 61.4 Å². The Morgan fingerprint density at radius 3 is 2.77 bits per heavy atom. The maximum Gasteiger partial charge on any atom is 0.176 e. The maximum atomic E-state index is 11.7. The van der Waals surface area contributed by atoms with Crippen LogP contribution in [0.4, 0.5) is 0 Å². The molecule has 4 heterocycles. The summed E-state index contributed by atoms with van der Waals surface area (Å²) in [6.07, 6.45) is 4.61. The summed E-state index contributed by atoms with van der Waals surface area (Å²) in [5.41, 5.74) is 3.93. The predicted octanol–water partition coefficient (Wildman–Crippen LogP) is 2.24. The Hall–Kier alpha value is -1.22. The van der Waals surface area contributed by atoms with Crippen molar-refractivity contribution >= 4 is 21.2 Å². The fraction of sp³-hybridized carbons (Fsp3) is 0.611. The van der Waals surface area contributed by atoms with Gasteiger partial charge >= 0.3 is 0 Å². The number of thiophene rings is 1. The Balaban J connectivity index is 1.47. The van der Waals surface area contributed by atoms with E-state index in [9.17, 15) is 8.42 Å². The highest BCUT2D eigenvalue weighted by molar-refractivity contribution is 7.90. The lowest BCUT2D eigenvalue weighted by Gasteiger charge is -2.31. The molecule has 2 aromatic rings. The molecule has 142 valence electrons. The average Bonchev–Trinajstić information content (AvgIpc) is 3.22. The van der Waals surface area contributed by atoms with Crippen molar-refractivity contribution < 1.29 is 8.42 Å². The Bertz CT molecular complexity index is 879. The maximum absolute atomic E-state index is 11.7. The van der Waals surface area contributed by atoms with Crippen molar-refractivity contribution in [3.63, 3.8) is 0 Å². The largest absolute Gasteiger partial charge is 0.306 e. The van der Waals surface area contributed by atoms with Crippen LogP contribution < -0.4 is 0 Å². The summed E-state index contributed by atoms with van der Waals surface area (Å²) in [6, 6.07) is 1.82. The molecule has 2 aromatic heterocycles. The number of hydrogen-bond acceptors (Lipinski definition) is 6. The minimum Gasteiger partial charge on any atom is -0.306 e. The van der Waals surface area contributed by atoms with Gasteiger partial charge in [-0.05, 0) is 39.0 Å². The van der Waals surface area contributed by atoms with Gasteiger partial charge < -0.3 is 4.90 Å². The first-order valence-electron chi connectivity index (χ1n) is 9.14. The molecule has 0 aromatic carbocycles. The molecule has 2 aliphatic rings. The molecule has 0 saturated carbocycles. The van der Waals surface area contributed by atoms with Crippen molar-refractivity contribution in [2.75, 3.05) is 32.9 Å². The Labute approximate surface area is 159 Å². The Morgan fingerprint density at radius 2 is 2.08 bits per heavy atom.